The molecule has 146 heavy (non-hydrogen) atoms. The van der Waals surface area contributed by atoms with Gasteiger partial charge < -0.3 is 119 Å². The van der Waals surface area contributed by atoms with E-state index >= 15 is 0 Å². The first-order valence-corrected chi connectivity index (χ1v) is 54.5. The summed E-state index contributed by atoms with van der Waals surface area (Å²) in [5, 5.41) is 13.8. The Labute approximate surface area is 981 Å². The first-order chi connectivity index (χ1) is 60.3. The average molecular weight is 2220 g/mol. The van der Waals surface area contributed by atoms with E-state index in [4.69, 9.17) is 37.2 Å². The summed E-state index contributed by atoms with van der Waals surface area (Å²) in [4.78, 5) is 0. The topological polar surface area (TPSA) is 0 Å². The molecule has 0 fully saturated rings. The van der Waals surface area contributed by atoms with Crippen LogP contribution in [0.5, 0.6) is 0 Å². The van der Waals surface area contributed by atoms with Gasteiger partial charge in [-0.3, -0.25) is 0 Å². The van der Waals surface area contributed by atoms with Crippen molar-refractivity contribution in [1.29, 1.82) is 0 Å². The van der Waals surface area contributed by atoms with Crippen molar-refractivity contribution in [3.8, 4) is 0 Å². The predicted octanol–water partition coefficient (Wildman–Crippen LogP) is 46.4. The molecule has 0 spiro atoms. The van der Waals surface area contributed by atoms with Gasteiger partial charge in [0.05, 0.1) is 0 Å². The number of halogens is 4. The Bertz CT molecular complexity index is 5680. The number of hydrogen-bond donors (Lipinski definition) is 0. The number of hydrogen-bond acceptors (Lipinski definition) is 0. The maximum absolute atomic E-state index is 4.89. The minimum Gasteiger partial charge on any atom is 4.00 e. The van der Waals surface area contributed by atoms with Crippen molar-refractivity contribution in [2.45, 2.75) is 245 Å². The number of allylic oxidation sites excluding steroid dienone is 28. The Morgan fingerprint density at radius 1 is 0.212 bits per heavy atom. The van der Waals surface area contributed by atoms with Crippen LogP contribution in [0.2, 0.25) is 0 Å². The van der Waals surface area contributed by atoms with Gasteiger partial charge in [0, 0.05) is 17.8 Å². The van der Waals surface area contributed by atoms with Gasteiger partial charge in [0.1, 0.15) is 0 Å². The van der Waals surface area contributed by atoms with E-state index in [1.54, 1.807) is 55.7 Å². The van der Waals surface area contributed by atoms with Crippen LogP contribution in [0.15, 0.2) is 324 Å². The van der Waals surface area contributed by atoms with Crippen molar-refractivity contribution in [2.75, 3.05) is 0 Å². The van der Waals surface area contributed by atoms with Gasteiger partial charge in [0.15, 0.2) is 0 Å². The van der Waals surface area contributed by atoms with Crippen molar-refractivity contribution in [2.24, 2.45) is 29.6 Å². The second-order valence-corrected chi connectivity index (χ2v) is 42.1. The molecule has 0 saturated heterocycles. The van der Waals surface area contributed by atoms with Crippen molar-refractivity contribution >= 4 is 120 Å². The summed E-state index contributed by atoms with van der Waals surface area (Å²) in [6, 6.07) is 65.4. The summed E-state index contributed by atoms with van der Waals surface area (Å²) in [6.45, 7) is 69.4. The molecule has 0 saturated carbocycles. The van der Waals surface area contributed by atoms with Crippen LogP contribution in [0, 0.1) is 148 Å². The molecule has 0 radical (unpaired) electrons. The molecule has 10 aliphatic carbocycles. The Hall–Kier alpha value is -5.67. The smallest absolute Gasteiger partial charge is 4.00 e. The molecule has 9 heteroatoms. The first kappa shape index (κ1) is 163. The molecule has 0 aromatic heterocycles. The Balaban J connectivity index is -0.000000152. The largest absolute Gasteiger partial charge is 4.00 e. The van der Waals surface area contributed by atoms with E-state index in [1.807, 2.05) is 0 Å². The van der Waals surface area contributed by atoms with Crippen LogP contribution in [-0.4, -0.2) is 0 Å². The molecule has 0 aliphatic heterocycles. The average Bonchev–Trinajstić information content (AvgIpc) is 1.62. The van der Waals surface area contributed by atoms with E-state index in [-0.39, 0.29) is 184 Å². The molecule has 790 valence electrons. The number of fused-ring (bicyclic) bond motifs is 15. The van der Waals surface area contributed by atoms with Gasteiger partial charge in [-0.2, -0.15) is 0 Å². The van der Waals surface area contributed by atoms with Crippen molar-refractivity contribution in [1.82, 2.24) is 0 Å². The molecule has 0 amide bonds. The molecule has 10 aromatic rings. The summed E-state index contributed by atoms with van der Waals surface area (Å²) in [6.07, 6.45) is 18.2. The standard InChI is InChI=1S/C15H14.4C14H12.5C10H16.16CH3.4ClH.5Ti/c1-10-9-11(2)15-13(10)8-7-12-5-3-4-6-14(12)15;2*1-10-6-8-14-12(10)9-7-11-4-2-3-5-13(11)14;2*1-10-6-7-12-9-8-11-4-2-3-5-13(11)14(10)12;5*1-6-7(2)9(4)10(5)8(6)3;;;;;;;;;;;;;;;;;;;;;;;;;/h3-9,11H,1-2H3;2*2-7,9H,8H2,1H3;2*2-10H,1H3;5*6H,1-5H3;16*1H3;4*1H;;;;;/q;;;;;;;;;;16*-1;;;;;2*+2;3*+4/p-4. The van der Waals surface area contributed by atoms with Crippen molar-refractivity contribution < 1.29 is 99.2 Å². The summed E-state index contributed by atoms with van der Waals surface area (Å²) in [5.74, 6) is 5.17. The zero-order chi connectivity index (χ0) is 93.4. The SMILES string of the molecule is CC1=C(C)C(C)C(C)=C1C.CC1=C(C)C(C)C(C)=C1C.CC1=C(C)C(C)C(C)=C1C.CC1=C(C)C(C)C(C)=C1C.CC1=C(C)C(C)C(C)=C1C.CC1=CC(C)c2c1ccc1ccccc21.CC1=CCc2c1ccc1ccccc21.CC1=CCc2c1ccc1ccccc21.CC1C=Cc2ccc3ccccc3c21.CC1C=Cc2ccc3ccccc3c21.[CH3-].[CH3-].[CH3-].[CH3-].[CH3-].[CH3-].[CH3-].[CH3-].[CH3-].[CH3-].[CH3-].[CH3-].[CH3-].[CH3-].[CH3-].[CH3-].[Cl][Ti][Cl].[Cl][Ti][Cl].[Ti+4].[Ti+4].[Ti+4]. The third-order valence-electron chi connectivity index (χ3n) is 30.8. The molecule has 0 heterocycles. The van der Waals surface area contributed by atoms with Crippen LogP contribution < -0.4 is 0 Å². The Morgan fingerprint density at radius 3 is 0.610 bits per heavy atom. The number of benzene rings is 10. The zero-order valence-electron chi connectivity index (χ0n) is 99.9. The fourth-order valence-electron chi connectivity index (χ4n) is 19.7. The van der Waals surface area contributed by atoms with Crippen LogP contribution in [0.3, 0.4) is 0 Å². The molecule has 10 aliphatic rings. The summed E-state index contributed by atoms with van der Waals surface area (Å²) in [7, 11) is 19.6. The fourth-order valence-corrected chi connectivity index (χ4v) is 19.7. The van der Waals surface area contributed by atoms with E-state index < -0.39 is 34.1 Å². The molecular formula is C137H190Cl4Ti5-4. The summed E-state index contributed by atoms with van der Waals surface area (Å²) >= 11 is -1.11. The minimum absolute atomic E-state index is 0. The maximum Gasteiger partial charge on any atom is 4.00 e. The van der Waals surface area contributed by atoms with Gasteiger partial charge >= 0.3 is 136 Å². The van der Waals surface area contributed by atoms with Gasteiger partial charge in [-0.25, -0.2) is 0 Å². The third-order valence-corrected chi connectivity index (χ3v) is 30.8. The van der Waals surface area contributed by atoms with E-state index in [0.717, 1.165) is 12.8 Å². The summed E-state index contributed by atoms with van der Waals surface area (Å²) in [5.41, 5.74) is 49.4. The third kappa shape index (κ3) is 37.9. The van der Waals surface area contributed by atoms with E-state index in [2.05, 4.69) is 439 Å². The van der Waals surface area contributed by atoms with Crippen molar-refractivity contribution in [3.63, 3.8) is 0 Å². The Morgan fingerprint density at radius 2 is 0.397 bits per heavy atom. The van der Waals surface area contributed by atoms with Gasteiger partial charge in [0.25, 0.3) is 0 Å². The summed E-state index contributed by atoms with van der Waals surface area (Å²) < 4.78 is 0. The molecule has 0 nitrogen and oxygen atoms in total. The van der Waals surface area contributed by atoms with E-state index in [0.29, 0.717) is 47.3 Å². The molecule has 0 N–H and O–H groups in total. The van der Waals surface area contributed by atoms with Gasteiger partial charge in [0.2, 0.25) is 0 Å². The van der Waals surface area contributed by atoms with Crippen molar-refractivity contribution in [3.05, 3.63) is 498 Å². The van der Waals surface area contributed by atoms with Crippen LogP contribution in [0.1, 0.15) is 288 Å². The number of rotatable bonds is 0. The van der Waals surface area contributed by atoms with Crippen LogP contribution >= 0.6 is 37.2 Å². The second kappa shape index (κ2) is 75.2. The normalized spacial score (nSPS) is 15.8. The Kier molecular flexibility index (Phi) is 83.9. The molecule has 0 bridgehead atoms. The maximum atomic E-state index is 4.89. The van der Waals surface area contributed by atoms with Gasteiger partial charge in [-0.15, -0.1) is 0 Å². The molecule has 3 atom stereocenters. The first-order valence-electron chi connectivity index (χ1n) is 46.0. The molecular weight excluding hydrogens is 2030 g/mol. The van der Waals surface area contributed by atoms with Gasteiger partial charge in [-0.05, 0) is 384 Å². The molecule has 20 rings (SSSR count). The minimum atomic E-state index is -0.556. The van der Waals surface area contributed by atoms with E-state index in [1.165, 1.54) is 182 Å². The van der Waals surface area contributed by atoms with Crippen LogP contribution in [0.4, 0.5) is 0 Å². The van der Waals surface area contributed by atoms with E-state index in [9.17, 15) is 0 Å². The molecule has 3 unspecified atom stereocenters. The van der Waals surface area contributed by atoms with Gasteiger partial charge in [-0.1, -0.05) is 336 Å². The second-order valence-electron chi connectivity index (χ2n) is 36.9. The monoisotopic (exact) mass is 2220 g/mol. The zero-order valence-corrected chi connectivity index (χ0v) is 111. The molecule has 10 aromatic carbocycles. The van der Waals surface area contributed by atoms with Crippen LogP contribution in [-0.2, 0) is 112 Å². The fraction of sp³-hybridized carbons (Fsp3) is 0.299. The quantitative estimate of drug-likeness (QED) is 0.105. The predicted molar refractivity (Wildman–Crippen MR) is 667 cm³/mol. The van der Waals surface area contributed by atoms with Crippen LogP contribution in [0.25, 0.3) is 82.7 Å².